The summed E-state index contributed by atoms with van der Waals surface area (Å²) in [6.45, 7) is 27.9. The van der Waals surface area contributed by atoms with Gasteiger partial charge >= 0.3 is 0 Å². The molecule has 0 amide bonds. The van der Waals surface area contributed by atoms with Gasteiger partial charge in [-0.2, -0.15) is 10.5 Å². The molecule has 6 aliphatic rings. The van der Waals surface area contributed by atoms with Crippen molar-refractivity contribution < 1.29 is 0 Å². The molecule has 0 spiro atoms. The molecule has 0 saturated heterocycles. The predicted molar refractivity (Wildman–Crippen MR) is 402 cm³/mol. The SMILES string of the molecule is [C-]#[N+]c1cc2c3c(c1)N(c1c(C)cc(C)cc1C)c1cc4c(cc1B3c1ccccc1N2c1ccccc1)B1c2cc3c(cc2N(c2c(C)cc(C)cc2C)c2cc(C#N)cc(c21)N4c1c(C)cc(C)cc1C)Nc1cc(C#N)cc2c1B3c1ccccc1N2c1ccccc1. The van der Waals surface area contributed by atoms with Crippen LogP contribution in [0.5, 0.6) is 0 Å². The highest BCUT2D eigenvalue weighted by molar-refractivity contribution is 7.04. The van der Waals surface area contributed by atoms with Crippen LogP contribution in [0.3, 0.4) is 0 Å². The van der Waals surface area contributed by atoms with E-state index in [-0.39, 0.29) is 20.1 Å². The zero-order valence-electron chi connectivity index (χ0n) is 54.9. The molecule has 12 aromatic carbocycles. The standard InChI is InChI=1S/C84H62B3N9/c1-47-29-50(4)82(51(5)30-47)94-71-43-67-63(85-61-25-17-19-27-69(61)92(59-21-13-11-14-22-59)74-36-56(45-88)35-68(91-67)79(74)85)41-64(71)87-66-42-65-72(44-73(66)95(83-52(6)31-48(2)32-53(83)7)76-38-57(46-89)37-75(94)80(76)87)96(84-54(8)33-49(3)34-55(84)9)78-40-58(90-10)39-77-81(78)86(65)62-26-18-20-28-70(62)93(77)60-23-15-12-16-24-60/h11-44,91H,1-9H3. The molecular formula is C84H62B3N9. The van der Waals surface area contributed by atoms with Crippen LogP contribution in [-0.2, 0) is 0 Å². The molecule has 0 fully saturated rings. The molecule has 1 N–H and O–H groups in total. The van der Waals surface area contributed by atoms with Gasteiger partial charge in [-0.3, -0.25) is 0 Å². The maximum atomic E-state index is 11.6. The first-order chi connectivity index (χ1) is 46.7. The Kier molecular flexibility index (Phi) is 12.3. The Labute approximate surface area is 562 Å². The molecule has 6 aliphatic heterocycles. The Morgan fingerprint density at radius 1 is 0.323 bits per heavy atom. The molecule has 0 unspecified atom stereocenters. The van der Waals surface area contributed by atoms with Crippen LogP contribution in [0.4, 0.5) is 102 Å². The van der Waals surface area contributed by atoms with Crippen LogP contribution < -0.4 is 79.0 Å². The summed E-state index contributed by atoms with van der Waals surface area (Å²) >= 11 is 0. The van der Waals surface area contributed by atoms with E-state index in [1.54, 1.807) is 0 Å². The monoisotopic (exact) mass is 1230 g/mol. The largest absolute Gasteiger partial charge is 0.356 e. The number of rotatable bonds is 5. The lowest BCUT2D eigenvalue weighted by atomic mass is 9.29. The average Bonchev–Trinajstić information content (AvgIpc) is 0.684. The van der Waals surface area contributed by atoms with Gasteiger partial charge in [0.1, 0.15) is 0 Å². The number of fused-ring (bicyclic) bond motifs is 12. The Balaban J connectivity index is 0.995. The average molecular weight is 1230 g/mol. The minimum atomic E-state index is -0.379. The van der Waals surface area contributed by atoms with Crippen molar-refractivity contribution in [2.45, 2.75) is 62.3 Å². The van der Waals surface area contributed by atoms with Crippen molar-refractivity contribution in [3.63, 3.8) is 0 Å². The van der Waals surface area contributed by atoms with Gasteiger partial charge in [0.15, 0.2) is 5.69 Å². The van der Waals surface area contributed by atoms with Crippen molar-refractivity contribution >= 4 is 172 Å². The van der Waals surface area contributed by atoms with Crippen LogP contribution >= 0.6 is 0 Å². The fourth-order valence-corrected chi connectivity index (χ4v) is 18.0. The number of nitriles is 2. The molecule has 18 rings (SSSR count). The summed E-state index contributed by atoms with van der Waals surface area (Å²) < 4.78 is 0. The quantitative estimate of drug-likeness (QED) is 0.135. The number of aryl methyl sites for hydroxylation is 9. The number of nitrogens with zero attached hydrogens (tertiary/aromatic N) is 8. The van der Waals surface area contributed by atoms with Gasteiger partial charge in [0.2, 0.25) is 0 Å². The van der Waals surface area contributed by atoms with Crippen LogP contribution in [0, 0.1) is 91.5 Å². The second kappa shape index (κ2) is 20.8. The number of hydrogen-bond donors (Lipinski definition) is 1. The van der Waals surface area contributed by atoms with Crippen molar-refractivity contribution in [2.75, 3.05) is 29.8 Å². The third-order valence-electron chi connectivity index (χ3n) is 21.1. The molecule has 0 aliphatic carbocycles. The minimum absolute atomic E-state index is 0.226. The maximum Gasteiger partial charge on any atom is 0.252 e. The third-order valence-corrected chi connectivity index (χ3v) is 21.1. The van der Waals surface area contributed by atoms with Crippen LogP contribution in [0.25, 0.3) is 4.85 Å². The highest BCUT2D eigenvalue weighted by Gasteiger charge is 2.51. The number of hydrogen-bond acceptors (Lipinski definition) is 8. The molecule has 452 valence electrons. The fraction of sp³-hybridized carbons (Fsp3) is 0.107. The highest BCUT2D eigenvalue weighted by Crippen LogP contribution is 2.53. The van der Waals surface area contributed by atoms with E-state index in [1.165, 1.54) is 27.6 Å². The molecule has 0 atom stereocenters. The predicted octanol–water partition coefficient (Wildman–Crippen LogP) is 15.3. The number of para-hydroxylation sites is 4. The third kappa shape index (κ3) is 7.98. The van der Waals surface area contributed by atoms with Gasteiger partial charge in [-0.15, -0.1) is 0 Å². The van der Waals surface area contributed by atoms with Crippen LogP contribution in [0.2, 0.25) is 0 Å². The summed E-state index contributed by atoms with van der Waals surface area (Å²) in [5.74, 6) is 0. The molecule has 0 radical (unpaired) electrons. The Bertz CT molecular complexity index is 5550. The summed E-state index contributed by atoms with van der Waals surface area (Å²) in [6.07, 6.45) is 0. The highest BCUT2D eigenvalue weighted by atomic mass is 15.2. The molecule has 0 saturated carbocycles. The van der Waals surface area contributed by atoms with Crippen molar-refractivity contribution in [3.8, 4) is 12.1 Å². The van der Waals surface area contributed by atoms with E-state index < -0.39 is 0 Å². The lowest BCUT2D eigenvalue weighted by Crippen LogP contribution is -2.66. The molecule has 6 heterocycles. The zero-order valence-corrected chi connectivity index (χ0v) is 54.9. The van der Waals surface area contributed by atoms with Gasteiger partial charge in [0.05, 0.1) is 46.9 Å². The number of anilines is 17. The van der Waals surface area contributed by atoms with E-state index in [2.05, 4.69) is 309 Å². The Morgan fingerprint density at radius 2 is 0.677 bits per heavy atom. The lowest BCUT2D eigenvalue weighted by molar-refractivity contribution is 1.17. The van der Waals surface area contributed by atoms with Gasteiger partial charge in [-0.05, 0) is 230 Å². The molecular weight excluding hydrogens is 1170 g/mol. The van der Waals surface area contributed by atoms with E-state index >= 15 is 0 Å². The van der Waals surface area contributed by atoms with E-state index in [0.717, 1.165) is 168 Å². The normalized spacial score (nSPS) is 13.6. The van der Waals surface area contributed by atoms with Crippen LogP contribution in [0.1, 0.15) is 61.2 Å². The van der Waals surface area contributed by atoms with Gasteiger partial charge in [0.25, 0.3) is 20.1 Å². The minimum Gasteiger partial charge on any atom is -0.356 e. The second-order valence-corrected chi connectivity index (χ2v) is 27.2. The van der Waals surface area contributed by atoms with Crippen molar-refractivity contribution in [1.82, 2.24) is 0 Å². The summed E-state index contributed by atoms with van der Waals surface area (Å²) in [5.41, 5.74) is 39.5. The molecule has 0 aromatic heterocycles. The van der Waals surface area contributed by atoms with Crippen LogP contribution in [-0.4, -0.2) is 20.1 Å². The second-order valence-electron chi connectivity index (χ2n) is 27.2. The van der Waals surface area contributed by atoms with E-state index in [4.69, 9.17) is 6.57 Å². The van der Waals surface area contributed by atoms with E-state index in [0.29, 0.717) is 16.8 Å². The Morgan fingerprint density at radius 3 is 1.11 bits per heavy atom. The van der Waals surface area contributed by atoms with Gasteiger partial charge in [-0.1, -0.05) is 138 Å². The topological polar surface area (TPSA) is 80.2 Å². The fourth-order valence-electron chi connectivity index (χ4n) is 18.0. The van der Waals surface area contributed by atoms with Gasteiger partial charge < -0.3 is 29.8 Å². The molecule has 0 bridgehead atoms. The van der Waals surface area contributed by atoms with Crippen LogP contribution in [0.15, 0.2) is 206 Å². The summed E-state index contributed by atoms with van der Waals surface area (Å²) in [7, 11) is 0. The summed E-state index contributed by atoms with van der Waals surface area (Å²) in [5, 5.41) is 26.5. The van der Waals surface area contributed by atoms with E-state index in [1.807, 2.05) is 6.07 Å². The van der Waals surface area contributed by atoms with Gasteiger partial charge in [0, 0.05) is 79.6 Å². The summed E-state index contributed by atoms with van der Waals surface area (Å²) in [6, 6.07) is 80.5. The molecule has 12 aromatic rings. The van der Waals surface area contributed by atoms with Crippen molar-refractivity contribution in [3.05, 3.63) is 279 Å². The first kappa shape index (κ1) is 56.8. The Hall–Kier alpha value is -11.9. The molecule has 96 heavy (non-hydrogen) atoms. The molecule has 9 nitrogen and oxygen atoms in total. The van der Waals surface area contributed by atoms with Crippen molar-refractivity contribution in [2.24, 2.45) is 0 Å². The lowest BCUT2D eigenvalue weighted by Gasteiger charge is -2.48. The smallest absolute Gasteiger partial charge is 0.252 e. The first-order valence-corrected chi connectivity index (χ1v) is 33.1. The first-order valence-electron chi connectivity index (χ1n) is 33.1. The van der Waals surface area contributed by atoms with Gasteiger partial charge in [-0.25, -0.2) is 4.85 Å². The number of benzene rings is 12. The summed E-state index contributed by atoms with van der Waals surface area (Å²) in [4.78, 5) is 16.5. The molecule has 12 heteroatoms. The maximum absolute atomic E-state index is 11.6. The van der Waals surface area contributed by atoms with Crippen molar-refractivity contribution in [1.29, 1.82) is 10.5 Å². The number of nitrogens with one attached hydrogen (secondary N) is 1. The van der Waals surface area contributed by atoms with E-state index in [9.17, 15) is 10.5 Å². The zero-order chi connectivity index (χ0) is 65.4.